The van der Waals surface area contributed by atoms with Crippen molar-refractivity contribution in [2.75, 3.05) is 4.72 Å². The topological polar surface area (TPSA) is 12.0 Å². The molecule has 0 bridgehead atoms. The van der Waals surface area contributed by atoms with Crippen molar-refractivity contribution in [2.45, 2.75) is 31.1 Å². The fourth-order valence-electron chi connectivity index (χ4n) is 3.67. The van der Waals surface area contributed by atoms with Gasteiger partial charge in [0.2, 0.25) is 0 Å². The van der Waals surface area contributed by atoms with Gasteiger partial charge in [-0.3, -0.25) is 0 Å². The van der Waals surface area contributed by atoms with Crippen LogP contribution in [0.15, 0.2) is 83.8 Å². The minimum Gasteiger partial charge on any atom is -0.325 e. The highest BCUT2D eigenvalue weighted by molar-refractivity contribution is 8.00. The predicted octanol–water partition coefficient (Wildman–Crippen LogP) is 11.1. The highest BCUT2D eigenvalue weighted by Crippen LogP contribution is 2.44. The lowest BCUT2D eigenvalue weighted by Crippen LogP contribution is -2.14. The van der Waals surface area contributed by atoms with Gasteiger partial charge >= 0.3 is 0 Å². The first-order valence-electron chi connectivity index (χ1n) is 10.7. The highest BCUT2D eigenvalue weighted by Gasteiger charge is 2.23. The van der Waals surface area contributed by atoms with E-state index < -0.39 is 0 Å². The molecule has 4 aromatic carbocycles. The second kappa shape index (κ2) is 10.4. The summed E-state index contributed by atoms with van der Waals surface area (Å²) in [4.78, 5) is 0.898. The molecule has 6 heteroatoms. The predicted molar refractivity (Wildman–Crippen MR) is 152 cm³/mol. The van der Waals surface area contributed by atoms with Crippen LogP contribution in [0.25, 0.3) is 22.3 Å². The minimum absolute atomic E-state index is 0.129. The molecule has 174 valence electrons. The van der Waals surface area contributed by atoms with Crippen LogP contribution in [0.2, 0.25) is 20.1 Å². The molecule has 0 fully saturated rings. The number of benzene rings is 4. The first-order valence-corrected chi connectivity index (χ1v) is 13.0. The van der Waals surface area contributed by atoms with Crippen LogP contribution in [-0.4, -0.2) is 0 Å². The summed E-state index contributed by atoms with van der Waals surface area (Å²) in [6.07, 6.45) is 0. The van der Waals surface area contributed by atoms with Crippen LogP contribution in [0, 0.1) is 0 Å². The van der Waals surface area contributed by atoms with Gasteiger partial charge in [-0.25, -0.2) is 0 Å². The summed E-state index contributed by atoms with van der Waals surface area (Å²) in [5, 5.41) is 2.63. The van der Waals surface area contributed by atoms with Gasteiger partial charge in [-0.1, -0.05) is 91.4 Å². The van der Waals surface area contributed by atoms with E-state index in [1.54, 1.807) is 6.07 Å². The fraction of sp³-hybridized carbons (Fsp3) is 0.143. The van der Waals surface area contributed by atoms with Gasteiger partial charge in [0.25, 0.3) is 0 Å². The maximum Gasteiger partial charge on any atom is 0.0574 e. The summed E-state index contributed by atoms with van der Waals surface area (Å²) in [5.74, 6) is 0. The fourth-order valence-corrected chi connectivity index (χ4v) is 5.17. The number of hydrogen-bond acceptors (Lipinski definition) is 2. The van der Waals surface area contributed by atoms with E-state index in [2.05, 4.69) is 37.6 Å². The van der Waals surface area contributed by atoms with Gasteiger partial charge in [-0.05, 0) is 94.2 Å². The summed E-state index contributed by atoms with van der Waals surface area (Å²) >= 11 is 26.4. The molecule has 4 rings (SSSR count). The van der Waals surface area contributed by atoms with Crippen LogP contribution < -0.4 is 4.72 Å². The summed E-state index contributed by atoms with van der Waals surface area (Å²) in [5.41, 5.74) is 6.45. The van der Waals surface area contributed by atoms with E-state index in [0.29, 0.717) is 20.1 Å². The molecule has 0 heterocycles. The molecule has 0 amide bonds. The first kappa shape index (κ1) is 25.3. The van der Waals surface area contributed by atoms with E-state index in [1.807, 2.05) is 60.7 Å². The summed E-state index contributed by atoms with van der Waals surface area (Å²) in [6, 6.07) is 25.8. The van der Waals surface area contributed by atoms with Crippen LogP contribution in [0.4, 0.5) is 5.69 Å². The standard InChI is InChI=1S/C28H23Cl4NS/c1-28(2,3)24-15-19(17-4-8-20(29)9-5-17)14-23(18-6-10-21(30)11-7-18)27(24)33-34-26-13-12-22(31)16-25(26)32/h4-16,33H,1-3H3. The van der Waals surface area contributed by atoms with Crippen molar-refractivity contribution >= 4 is 64.0 Å². The van der Waals surface area contributed by atoms with Gasteiger partial charge in [0.1, 0.15) is 0 Å². The Labute approximate surface area is 225 Å². The molecule has 0 saturated heterocycles. The van der Waals surface area contributed by atoms with E-state index in [4.69, 9.17) is 46.4 Å². The van der Waals surface area contributed by atoms with Gasteiger partial charge in [0, 0.05) is 25.5 Å². The largest absolute Gasteiger partial charge is 0.325 e. The van der Waals surface area contributed by atoms with Crippen molar-refractivity contribution < 1.29 is 0 Å². The third-order valence-corrected chi connectivity index (χ3v) is 7.48. The normalized spacial score (nSPS) is 11.5. The number of hydrogen-bond donors (Lipinski definition) is 1. The lowest BCUT2D eigenvalue weighted by Gasteiger charge is -2.27. The Morgan fingerprint density at radius 3 is 1.74 bits per heavy atom. The zero-order valence-corrected chi connectivity index (χ0v) is 22.8. The Morgan fingerprint density at radius 2 is 1.18 bits per heavy atom. The summed E-state index contributed by atoms with van der Waals surface area (Å²) in [6.45, 7) is 6.64. The maximum absolute atomic E-state index is 6.45. The molecule has 1 N–H and O–H groups in total. The van der Waals surface area contributed by atoms with Gasteiger partial charge in [-0.15, -0.1) is 0 Å². The molecular formula is C28H23Cl4NS. The Hall–Kier alpha value is -1.81. The molecule has 0 unspecified atom stereocenters. The minimum atomic E-state index is -0.129. The van der Waals surface area contributed by atoms with Crippen molar-refractivity contribution in [3.05, 3.63) is 105 Å². The number of halogens is 4. The maximum atomic E-state index is 6.45. The second-order valence-electron chi connectivity index (χ2n) is 8.99. The van der Waals surface area contributed by atoms with Crippen LogP contribution in [-0.2, 0) is 5.41 Å². The third kappa shape index (κ3) is 5.87. The lowest BCUT2D eigenvalue weighted by molar-refractivity contribution is 0.593. The quantitative estimate of drug-likeness (QED) is 0.250. The van der Waals surface area contributed by atoms with Gasteiger partial charge < -0.3 is 4.72 Å². The Bertz CT molecular complexity index is 1310. The van der Waals surface area contributed by atoms with E-state index in [-0.39, 0.29) is 5.41 Å². The summed E-state index contributed by atoms with van der Waals surface area (Å²) in [7, 11) is 0. The van der Waals surface area contributed by atoms with E-state index in [1.165, 1.54) is 17.5 Å². The molecule has 0 aliphatic rings. The van der Waals surface area contributed by atoms with E-state index in [0.717, 1.165) is 32.8 Å². The van der Waals surface area contributed by atoms with E-state index in [9.17, 15) is 0 Å². The zero-order chi connectivity index (χ0) is 24.5. The molecule has 0 aromatic heterocycles. The molecule has 0 aliphatic carbocycles. The molecule has 0 atom stereocenters. The van der Waals surface area contributed by atoms with Gasteiger partial charge in [0.05, 0.1) is 10.7 Å². The molecule has 4 aromatic rings. The summed E-state index contributed by atoms with van der Waals surface area (Å²) < 4.78 is 3.60. The SMILES string of the molecule is CC(C)(C)c1cc(-c2ccc(Cl)cc2)cc(-c2ccc(Cl)cc2)c1NSc1ccc(Cl)cc1Cl. The van der Waals surface area contributed by atoms with E-state index >= 15 is 0 Å². The van der Waals surface area contributed by atoms with Crippen molar-refractivity contribution in [1.29, 1.82) is 0 Å². The van der Waals surface area contributed by atoms with Crippen LogP contribution in [0.5, 0.6) is 0 Å². The average molecular weight is 547 g/mol. The second-order valence-corrected chi connectivity index (χ2v) is 11.6. The average Bonchev–Trinajstić information content (AvgIpc) is 2.78. The molecule has 1 nitrogen and oxygen atoms in total. The number of anilines is 1. The third-order valence-electron chi connectivity index (χ3n) is 5.44. The van der Waals surface area contributed by atoms with Crippen LogP contribution >= 0.6 is 58.4 Å². The van der Waals surface area contributed by atoms with Gasteiger partial charge in [0.15, 0.2) is 0 Å². The Kier molecular flexibility index (Phi) is 7.76. The monoisotopic (exact) mass is 545 g/mol. The lowest BCUT2D eigenvalue weighted by atomic mass is 9.81. The first-order chi connectivity index (χ1) is 16.1. The number of nitrogens with one attached hydrogen (secondary N) is 1. The smallest absolute Gasteiger partial charge is 0.0574 e. The van der Waals surface area contributed by atoms with Crippen molar-refractivity contribution in [2.24, 2.45) is 0 Å². The molecule has 0 saturated carbocycles. The highest BCUT2D eigenvalue weighted by atomic mass is 35.5. The van der Waals surface area contributed by atoms with Crippen molar-refractivity contribution in [1.82, 2.24) is 0 Å². The van der Waals surface area contributed by atoms with Crippen LogP contribution in [0.3, 0.4) is 0 Å². The van der Waals surface area contributed by atoms with Crippen molar-refractivity contribution in [3.8, 4) is 22.3 Å². The van der Waals surface area contributed by atoms with Crippen LogP contribution in [0.1, 0.15) is 26.3 Å². The van der Waals surface area contributed by atoms with Gasteiger partial charge in [-0.2, -0.15) is 0 Å². The molecule has 34 heavy (non-hydrogen) atoms. The Morgan fingerprint density at radius 1 is 0.618 bits per heavy atom. The zero-order valence-electron chi connectivity index (χ0n) is 18.9. The molecule has 0 spiro atoms. The molecule has 0 radical (unpaired) electrons. The Balaban J connectivity index is 1.89. The number of rotatable bonds is 5. The molecular weight excluding hydrogens is 524 g/mol. The van der Waals surface area contributed by atoms with Crippen molar-refractivity contribution in [3.63, 3.8) is 0 Å². The molecule has 0 aliphatic heterocycles.